The van der Waals surface area contributed by atoms with Gasteiger partial charge in [0.2, 0.25) is 5.91 Å². The van der Waals surface area contributed by atoms with Crippen molar-refractivity contribution in [1.29, 1.82) is 0 Å². The fraction of sp³-hybridized carbons (Fsp3) is 0.333. The molecule has 0 fully saturated rings. The van der Waals surface area contributed by atoms with Crippen LogP contribution in [-0.4, -0.2) is 24.7 Å². The number of nitrogens with one attached hydrogen (secondary N) is 2. The maximum absolute atomic E-state index is 11.3. The number of hydrogen-bond acceptors (Lipinski definition) is 4. The van der Waals surface area contributed by atoms with Crippen molar-refractivity contribution in [2.45, 2.75) is 18.2 Å². The Morgan fingerprint density at radius 1 is 1.39 bits per heavy atom. The molecule has 18 heavy (non-hydrogen) atoms. The van der Waals surface area contributed by atoms with Crippen molar-refractivity contribution in [2.75, 3.05) is 18.5 Å². The number of anilines is 1. The van der Waals surface area contributed by atoms with Gasteiger partial charge in [-0.1, -0.05) is 6.07 Å². The van der Waals surface area contributed by atoms with Crippen molar-refractivity contribution in [3.8, 4) is 0 Å². The summed E-state index contributed by atoms with van der Waals surface area (Å²) in [6.45, 7) is 1.97. The number of hydrogen-bond donors (Lipinski definition) is 3. The Hall–Kier alpha value is -1.69. The van der Waals surface area contributed by atoms with Gasteiger partial charge in [-0.2, -0.15) is 0 Å². The molecule has 1 rings (SSSR count). The van der Waals surface area contributed by atoms with Crippen LogP contribution in [0.5, 0.6) is 0 Å². The fourth-order valence-electron chi connectivity index (χ4n) is 1.30. The van der Waals surface area contributed by atoms with E-state index >= 15 is 0 Å². The van der Waals surface area contributed by atoms with Gasteiger partial charge < -0.3 is 11.1 Å². The van der Waals surface area contributed by atoms with E-state index in [1.165, 1.54) is 18.8 Å². The standard InChI is InChI=1S/C12H17N3O2S/c1-8-3-4-10(9(13)7-8)18-6-5-11(16)15-12(17)14-2/h3-4,7H,5-6,13H2,1-2H3,(H2,14,15,16,17). The summed E-state index contributed by atoms with van der Waals surface area (Å²) in [6.07, 6.45) is 0.269. The number of rotatable bonds is 4. The third kappa shape index (κ3) is 4.67. The van der Waals surface area contributed by atoms with Crippen LogP contribution >= 0.6 is 11.8 Å². The topological polar surface area (TPSA) is 84.2 Å². The number of aryl methyl sites for hydroxylation is 1. The van der Waals surface area contributed by atoms with Crippen molar-refractivity contribution in [1.82, 2.24) is 10.6 Å². The van der Waals surface area contributed by atoms with E-state index in [4.69, 9.17) is 5.73 Å². The number of carbonyl (C=O) groups excluding carboxylic acids is 2. The summed E-state index contributed by atoms with van der Waals surface area (Å²) in [6, 6.07) is 5.32. The molecule has 0 atom stereocenters. The zero-order chi connectivity index (χ0) is 13.5. The second kappa shape index (κ2) is 6.90. The number of imide groups is 1. The van der Waals surface area contributed by atoms with Gasteiger partial charge in [-0.15, -0.1) is 11.8 Å². The van der Waals surface area contributed by atoms with Gasteiger partial charge in [0.1, 0.15) is 0 Å². The highest BCUT2D eigenvalue weighted by atomic mass is 32.2. The van der Waals surface area contributed by atoms with Gasteiger partial charge in [0.05, 0.1) is 0 Å². The Morgan fingerprint density at radius 3 is 2.72 bits per heavy atom. The maximum atomic E-state index is 11.3. The first kappa shape index (κ1) is 14.4. The van der Waals surface area contributed by atoms with Crippen LogP contribution in [0.2, 0.25) is 0 Å². The maximum Gasteiger partial charge on any atom is 0.321 e. The van der Waals surface area contributed by atoms with Crippen LogP contribution in [-0.2, 0) is 4.79 Å². The smallest absolute Gasteiger partial charge is 0.321 e. The summed E-state index contributed by atoms with van der Waals surface area (Å²) >= 11 is 1.50. The lowest BCUT2D eigenvalue weighted by Gasteiger charge is -2.06. The molecule has 0 saturated heterocycles. The lowest BCUT2D eigenvalue weighted by Crippen LogP contribution is -2.37. The summed E-state index contributed by atoms with van der Waals surface area (Å²) < 4.78 is 0. The number of nitrogen functional groups attached to an aromatic ring is 1. The number of benzene rings is 1. The third-order valence-electron chi connectivity index (χ3n) is 2.23. The lowest BCUT2D eigenvalue weighted by molar-refractivity contribution is -0.119. The normalized spacial score (nSPS) is 9.89. The van der Waals surface area contributed by atoms with Crippen molar-refractivity contribution >= 4 is 29.4 Å². The molecule has 0 unspecified atom stereocenters. The van der Waals surface area contributed by atoms with E-state index in [9.17, 15) is 9.59 Å². The molecule has 0 aromatic heterocycles. The number of amides is 3. The molecule has 0 bridgehead atoms. The zero-order valence-electron chi connectivity index (χ0n) is 10.4. The average Bonchev–Trinajstić information content (AvgIpc) is 2.31. The van der Waals surface area contributed by atoms with E-state index in [2.05, 4.69) is 10.6 Å². The predicted molar refractivity (Wildman–Crippen MR) is 73.5 cm³/mol. The van der Waals surface area contributed by atoms with Crippen LogP contribution in [0.4, 0.5) is 10.5 Å². The van der Waals surface area contributed by atoms with Crippen LogP contribution in [0.25, 0.3) is 0 Å². The van der Waals surface area contributed by atoms with Crippen molar-refractivity contribution in [3.63, 3.8) is 0 Å². The Balaban J connectivity index is 2.37. The number of carbonyl (C=O) groups is 2. The van der Waals surface area contributed by atoms with E-state index in [1.807, 2.05) is 25.1 Å². The van der Waals surface area contributed by atoms with Gasteiger partial charge in [-0.25, -0.2) is 4.79 Å². The molecular weight excluding hydrogens is 250 g/mol. The van der Waals surface area contributed by atoms with E-state index < -0.39 is 6.03 Å². The van der Waals surface area contributed by atoms with Crippen LogP contribution in [0.1, 0.15) is 12.0 Å². The number of nitrogens with two attached hydrogens (primary N) is 1. The van der Waals surface area contributed by atoms with E-state index in [1.54, 1.807) is 0 Å². The molecule has 1 aromatic carbocycles. The van der Waals surface area contributed by atoms with Gasteiger partial charge in [0, 0.05) is 29.8 Å². The Labute approximate surface area is 111 Å². The molecule has 0 aliphatic heterocycles. The molecule has 0 aliphatic rings. The molecule has 0 saturated carbocycles. The van der Waals surface area contributed by atoms with E-state index in [0.717, 1.165) is 10.5 Å². The molecule has 0 aliphatic carbocycles. The summed E-state index contributed by atoms with van der Waals surface area (Å²) in [4.78, 5) is 23.2. The van der Waals surface area contributed by atoms with Gasteiger partial charge in [-0.05, 0) is 24.6 Å². The highest BCUT2D eigenvalue weighted by Gasteiger charge is 2.06. The fourth-order valence-corrected chi connectivity index (χ4v) is 2.20. The molecule has 1 aromatic rings. The molecular formula is C12H17N3O2S. The highest BCUT2D eigenvalue weighted by molar-refractivity contribution is 7.99. The predicted octanol–water partition coefficient (Wildman–Crippen LogP) is 1.52. The average molecular weight is 267 g/mol. The summed E-state index contributed by atoms with van der Waals surface area (Å²) in [5.41, 5.74) is 7.68. The minimum atomic E-state index is -0.486. The molecule has 3 amide bonds. The minimum absolute atomic E-state index is 0.269. The largest absolute Gasteiger partial charge is 0.398 e. The number of thioether (sulfide) groups is 1. The molecule has 6 heteroatoms. The Kier molecular flexibility index (Phi) is 5.51. The zero-order valence-corrected chi connectivity index (χ0v) is 11.3. The number of urea groups is 1. The monoisotopic (exact) mass is 267 g/mol. The van der Waals surface area contributed by atoms with Gasteiger partial charge in [0.15, 0.2) is 0 Å². The molecule has 5 nitrogen and oxygen atoms in total. The summed E-state index contributed by atoms with van der Waals surface area (Å²) in [5, 5.41) is 4.53. The summed E-state index contributed by atoms with van der Waals surface area (Å²) in [5.74, 6) is 0.281. The highest BCUT2D eigenvalue weighted by Crippen LogP contribution is 2.26. The molecule has 4 N–H and O–H groups in total. The van der Waals surface area contributed by atoms with E-state index in [0.29, 0.717) is 11.4 Å². The molecule has 0 heterocycles. The SMILES string of the molecule is CNC(=O)NC(=O)CCSc1ccc(C)cc1N. The Morgan fingerprint density at radius 2 is 2.11 bits per heavy atom. The van der Waals surface area contributed by atoms with Gasteiger partial charge in [0.25, 0.3) is 0 Å². The van der Waals surface area contributed by atoms with Crippen LogP contribution in [0, 0.1) is 6.92 Å². The lowest BCUT2D eigenvalue weighted by atomic mass is 10.2. The van der Waals surface area contributed by atoms with Crippen molar-refractivity contribution in [2.24, 2.45) is 0 Å². The minimum Gasteiger partial charge on any atom is -0.398 e. The molecule has 0 radical (unpaired) electrons. The Bertz CT molecular complexity index is 449. The first-order valence-electron chi connectivity index (χ1n) is 5.53. The second-order valence-electron chi connectivity index (χ2n) is 3.77. The van der Waals surface area contributed by atoms with Crippen molar-refractivity contribution < 1.29 is 9.59 Å². The van der Waals surface area contributed by atoms with E-state index in [-0.39, 0.29) is 12.3 Å². The third-order valence-corrected chi connectivity index (χ3v) is 3.32. The first-order valence-corrected chi connectivity index (χ1v) is 6.52. The van der Waals surface area contributed by atoms with Gasteiger partial charge in [-0.3, -0.25) is 10.1 Å². The van der Waals surface area contributed by atoms with Crippen LogP contribution < -0.4 is 16.4 Å². The summed E-state index contributed by atoms with van der Waals surface area (Å²) in [7, 11) is 1.46. The first-order chi connectivity index (χ1) is 8.52. The van der Waals surface area contributed by atoms with Crippen molar-refractivity contribution in [3.05, 3.63) is 23.8 Å². The van der Waals surface area contributed by atoms with Crippen LogP contribution in [0.3, 0.4) is 0 Å². The van der Waals surface area contributed by atoms with Gasteiger partial charge >= 0.3 is 6.03 Å². The van der Waals surface area contributed by atoms with Crippen LogP contribution in [0.15, 0.2) is 23.1 Å². The molecule has 98 valence electrons. The molecule has 0 spiro atoms. The quantitative estimate of drug-likeness (QED) is 0.570. The second-order valence-corrected chi connectivity index (χ2v) is 4.90.